The van der Waals surface area contributed by atoms with Gasteiger partial charge in [0.05, 0.1) is 0 Å². The van der Waals surface area contributed by atoms with Crippen molar-refractivity contribution in [3.63, 3.8) is 0 Å². The zero-order valence-electron chi connectivity index (χ0n) is 6.79. The van der Waals surface area contributed by atoms with Crippen molar-refractivity contribution in [3.8, 4) is 0 Å². The van der Waals surface area contributed by atoms with Crippen molar-refractivity contribution in [2.24, 2.45) is 0 Å². The molecule has 1 aliphatic heterocycles. The number of aromatic nitrogens is 2. The summed E-state index contributed by atoms with van der Waals surface area (Å²) >= 11 is 0. The average molecular weight is 168 g/mol. The molecule has 2 heterocycles. The molecule has 0 atom stereocenters. The van der Waals surface area contributed by atoms with Crippen LogP contribution in [0.25, 0.3) is 0 Å². The first-order chi connectivity index (χ1) is 5.86. The number of nitrogens with zero attached hydrogens (tertiary/aromatic N) is 2. The largest absolute Gasteiger partial charge is 0.365 e. The molecule has 1 fully saturated rings. The highest BCUT2D eigenvalue weighted by Gasteiger charge is 2.20. The number of hydrogen-bond acceptors (Lipinski definition) is 5. The van der Waals surface area contributed by atoms with Crippen LogP contribution in [0, 0.1) is 0 Å². The SMILES string of the molecule is Nc1noc(C2CCNCC2)n1. The van der Waals surface area contributed by atoms with E-state index in [0.29, 0.717) is 11.8 Å². The maximum absolute atomic E-state index is 5.35. The summed E-state index contributed by atoms with van der Waals surface area (Å²) < 4.78 is 4.99. The molecule has 0 aromatic carbocycles. The van der Waals surface area contributed by atoms with E-state index in [1.807, 2.05) is 0 Å². The van der Waals surface area contributed by atoms with Crippen LogP contribution in [-0.4, -0.2) is 23.2 Å². The highest BCUT2D eigenvalue weighted by molar-refractivity contribution is 5.12. The molecule has 0 unspecified atom stereocenters. The van der Waals surface area contributed by atoms with E-state index in [4.69, 9.17) is 10.3 Å². The van der Waals surface area contributed by atoms with E-state index in [-0.39, 0.29) is 5.95 Å². The average Bonchev–Trinajstić information content (AvgIpc) is 2.54. The van der Waals surface area contributed by atoms with Gasteiger partial charge in [0, 0.05) is 5.92 Å². The predicted octanol–water partition coefficient (Wildman–Crippen LogP) is 0.119. The standard InChI is InChI=1S/C7H12N4O/c8-7-10-6(12-11-7)5-1-3-9-4-2-5/h5,9H,1-4H2,(H2,8,11). The van der Waals surface area contributed by atoms with Crippen LogP contribution in [0.2, 0.25) is 0 Å². The van der Waals surface area contributed by atoms with Gasteiger partial charge in [-0.05, 0) is 31.1 Å². The van der Waals surface area contributed by atoms with E-state index < -0.39 is 0 Å². The lowest BCUT2D eigenvalue weighted by atomic mass is 9.98. The Morgan fingerprint density at radius 1 is 1.42 bits per heavy atom. The number of anilines is 1. The van der Waals surface area contributed by atoms with Crippen molar-refractivity contribution < 1.29 is 4.52 Å². The Balaban J connectivity index is 2.08. The molecule has 0 bridgehead atoms. The van der Waals surface area contributed by atoms with Crippen LogP contribution in [0.5, 0.6) is 0 Å². The third kappa shape index (κ3) is 1.40. The Morgan fingerprint density at radius 3 is 2.75 bits per heavy atom. The van der Waals surface area contributed by atoms with Gasteiger partial charge in [0.15, 0.2) is 0 Å². The Hall–Kier alpha value is -1.10. The molecule has 66 valence electrons. The molecule has 2 rings (SSSR count). The lowest BCUT2D eigenvalue weighted by Gasteiger charge is -2.18. The lowest BCUT2D eigenvalue weighted by molar-refractivity contribution is 0.321. The first-order valence-electron chi connectivity index (χ1n) is 4.16. The number of nitrogen functional groups attached to an aromatic ring is 1. The summed E-state index contributed by atoms with van der Waals surface area (Å²) in [7, 11) is 0. The maximum atomic E-state index is 5.35. The Labute approximate surface area is 70.3 Å². The number of rotatable bonds is 1. The van der Waals surface area contributed by atoms with Crippen LogP contribution in [0.15, 0.2) is 4.52 Å². The third-order valence-corrected chi connectivity index (χ3v) is 2.15. The third-order valence-electron chi connectivity index (χ3n) is 2.15. The summed E-state index contributed by atoms with van der Waals surface area (Å²) in [5.41, 5.74) is 5.35. The Kier molecular flexibility index (Phi) is 1.95. The van der Waals surface area contributed by atoms with Crippen molar-refractivity contribution in [1.82, 2.24) is 15.5 Å². The van der Waals surface area contributed by atoms with Crippen molar-refractivity contribution in [2.45, 2.75) is 18.8 Å². The van der Waals surface area contributed by atoms with E-state index in [1.54, 1.807) is 0 Å². The molecule has 5 heteroatoms. The van der Waals surface area contributed by atoms with Crippen molar-refractivity contribution in [1.29, 1.82) is 0 Å². The van der Waals surface area contributed by atoms with Gasteiger partial charge in [0.1, 0.15) is 0 Å². The minimum absolute atomic E-state index is 0.239. The van der Waals surface area contributed by atoms with Gasteiger partial charge in [-0.2, -0.15) is 4.98 Å². The summed E-state index contributed by atoms with van der Waals surface area (Å²) in [5.74, 6) is 1.33. The zero-order chi connectivity index (χ0) is 8.39. The summed E-state index contributed by atoms with van der Waals surface area (Å²) in [6, 6.07) is 0. The normalized spacial score (nSPS) is 19.7. The molecule has 0 radical (unpaired) electrons. The first kappa shape index (κ1) is 7.54. The zero-order valence-corrected chi connectivity index (χ0v) is 6.79. The fourth-order valence-electron chi connectivity index (χ4n) is 1.48. The summed E-state index contributed by atoms with van der Waals surface area (Å²) in [6.45, 7) is 2.04. The number of nitrogens with two attached hydrogens (primary N) is 1. The highest BCUT2D eigenvalue weighted by Crippen LogP contribution is 2.23. The van der Waals surface area contributed by atoms with Gasteiger partial charge < -0.3 is 15.6 Å². The molecule has 12 heavy (non-hydrogen) atoms. The van der Waals surface area contributed by atoms with Gasteiger partial charge in [-0.15, -0.1) is 0 Å². The van der Waals surface area contributed by atoms with E-state index in [1.165, 1.54) is 0 Å². The monoisotopic (exact) mass is 168 g/mol. The van der Waals surface area contributed by atoms with E-state index in [9.17, 15) is 0 Å². The molecule has 0 aliphatic carbocycles. The second-order valence-corrected chi connectivity index (χ2v) is 3.02. The molecule has 0 saturated carbocycles. The quantitative estimate of drug-likeness (QED) is 0.622. The highest BCUT2D eigenvalue weighted by atomic mass is 16.5. The van der Waals surface area contributed by atoms with Gasteiger partial charge in [-0.25, -0.2) is 0 Å². The molecule has 1 aliphatic rings. The van der Waals surface area contributed by atoms with Gasteiger partial charge >= 0.3 is 0 Å². The second kappa shape index (κ2) is 3.10. The number of hydrogen-bond donors (Lipinski definition) is 2. The predicted molar refractivity (Wildman–Crippen MR) is 43.6 cm³/mol. The Bertz CT molecular complexity index is 254. The van der Waals surface area contributed by atoms with Crippen molar-refractivity contribution in [2.75, 3.05) is 18.8 Å². The van der Waals surface area contributed by atoms with Crippen molar-refractivity contribution >= 4 is 5.95 Å². The van der Waals surface area contributed by atoms with Crippen LogP contribution in [0.1, 0.15) is 24.7 Å². The molecule has 0 amide bonds. The number of nitrogens with one attached hydrogen (secondary N) is 1. The molecule has 5 nitrogen and oxygen atoms in total. The first-order valence-corrected chi connectivity index (χ1v) is 4.16. The van der Waals surface area contributed by atoms with Crippen LogP contribution < -0.4 is 11.1 Å². The Morgan fingerprint density at radius 2 is 2.17 bits per heavy atom. The second-order valence-electron chi connectivity index (χ2n) is 3.02. The fourth-order valence-corrected chi connectivity index (χ4v) is 1.48. The number of piperidine rings is 1. The van der Waals surface area contributed by atoms with Crippen LogP contribution >= 0.6 is 0 Å². The minimum atomic E-state index is 0.239. The molecule has 1 aromatic rings. The van der Waals surface area contributed by atoms with Gasteiger partial charge in [-0.3, -0.25) is 0 Å². The molecule has 1 aromatic heterocycles. The van der Waals surface area contributed by atoms with Gasteiger partial charge in [0.2, 0.25) is 5.89 Å². The van der Waals surface area contributed by atoms with Crippen LogP contribution in [0.3, 0.4) is 0 Å². The lowest BCUT2D eigenvalue weighted by Crippen LogP contribution is -2.26. The summed E-state index contributed by atoms with van der Waals surface area (Å²) in [6.07, 6.45) is 2.11. The van der Waals surface area contributed by atoms with E-state index in [2.05, 4.69) is 15.5 Å². The van der Waals surface area contributed by atoms with Gasteiger partial charge in [0.25, 0.3) is 5.95 Å². The van der Waals surface area contributed by atoms with Crippen molar-refractivity contribution in [3.05, 3.63) is 5.89 Å². The smallest absolute Gasteiger partial charge is 0.260 e. The summed E-state index contributed by atoms with van der Waals surface area (Å²) in [4.78, 5) is 4.01. The molecular weight excluding hydrogens is 156 g/mol. The van der Waals surface area contributed by atoms with Gasteiger partial charge in [-0.1, -0.05) is 0 Å². The van der Waals surface area contributed by atoms with E-state index >= 15 is 0 Å². The molecule has 0 spiro atoms. The van der Waals surface area contributed by atoms with Crippen LogP contribution in [0.4, 0.5) is 5.95 Å². The van der Waals surface area contributed by atoms with Crippen LogP contribution in [-0.2, 0) is 0 Å². The molecule has 1 saturated heterocycles. The fraction of sp³-hybridized carbons (Fsp3) is 0.714. The molecule has 3 N–H and O–H groups in total. The molecular formula is C7H12N4O. The maximum Gasteiger partial charge on any atom is 0.260 e. The summed E-state index contributed by atoms with van der Waals surface area (Å²) in [5, 5.41) is 6.83. The minimum Gasteiger partial charge on any atom is -0.365 e. The van der Waals surface area contributed by atoms with E-state index in [0.717, 1.165) is 25.9 Å². The topological polar surface area (TPSA) is 77.0 Å².